The van der Waals surface area contributed by atoms with E-state index in [0.717, 1.165) is 5.69 Å². The fourth-order valence-corrected chi connectivity index (χ4v) is 4.14. The summed E-state index contributed by atoms with van der Waals surface area (Å²) in [5, 5.41) is 3.81. The first-order chi connectivity index (χ1) is 14.3. The van der Waals surface area contributed by atoms with E-state index in [2.05, 4.69) is 10.2 Å². The molecule has 0 radical (unpaired) electrons. The van der Waals surface area contributed by atoms with Gasteiger partial charge in [0.1, 0.15) is 6.04 Å². The number of piperidine rings is 1. The number of nitrogens with one attached hydrogen (secondary N) is 1. The van der Waals surface area contributed by atoms with E-state index < -0.39 is 6.04 Å². The number of benzene rings is 1. The number of piperazine rings is 1. The number of urea groups is 1. The molecule has 2 saturated heterocycles. The molecule has 0 aliphatic carbocycles. The van der Waals surface area contributed by atoms with Crippen molar-refractivity contribution in [2.24, 2.45) is 11.7 Å². The third-order valence-electron chi connectivity index (χ3n) is 5.75. The van der Waals surface area contributed by atoms with Crippen LogP contribution in [0, 0.1) is 5.92 Å². The second-order valence-corrected chi connectivity index (χ2v) is 8.56. The topological polar surface area (TPSA) is 99.0 Å². The zero-order valence-electron chi connectivity index (χ0n) is 16.9. The van der Waals surface area contributed by atoms with Crippen LogP contribution in [0.4, 0.5) is 10.5 Å². The van der Waals surface area contributed by atoms with Crippen LogP contribution >= 0.6 is 23.2 Å². The molecule has 0 spiro atoms. The quantitative estimate of drug-likeness (QED) is 0.724. The van der Waals surface area contributed by atoms with Crippen molar-refractivity contribution in [1.29, 1.82) is 0 Å². The van der Waals surface area contributed by atoms with Gasteiger partial charge in [0.2, 0.25) is 11.8 Å². The number of nitrogens with zero attached hydrogens (tertiary/aromatic N) is 3. The van der Waals surface area contributed by atoms with Gasteiger partial charge in [0.15, 0.2) is 0 Å². The Morgan fingerprint density at radius 2 is 1.63 bits per heavy atom. The van der Waals surface area contributed by atoms with Crippen molar-refractivity contribution in [3.8, 4) is 0 Å². The molecule has 2 fully saturated rings. The molecule has 3 N–H and O–H groups in total. The number of primary amides is 1. The molecule has 10 heteroatoms. The summed E-state index contributed by atoms with van der Waals surface area (Å²) in [5.74, 6) is -0.630. The number of carbonyl (C=O) groups is 3. The van der Waals surface area contributed by atoms with Crippen LogP contribution in [0.5, 0.6) is 0 Å². The summed E-state index contributed by atoms with van der Waals surface area (Å²) in [6.45, 7) is 5.05. The number of rotatable bonds is 4. The first-order valence-corrected chi connectivity index (χ1v) is 10.9. The van der Waals surface area contributed by atoms with E-state index in [-0.39, 0.29) is 23.8 Å². The lowest BCUT2D eigenvalue weighted by Crippen LogP contribution is -2.56. The van der Waals surface area contributed by atoms with Gasteiger partial charge in [0.05, 0.1) is 10.0 Å². The van der Waals surface area contributed by atoms with Gasteiger partial charge in [-0.3, -0.25) is 9.59 Å². The molecule has 1 aromatic carbocycles. The minimum Gasteiger partial charge on any atom is -0.369 e. The maximum absolute atomic E-state index is 12.6. The molecule has 3 rings (SSSR count). The third kappa shape index (κ3) is 5.29. The molecule has 0 saturated carbocycles. The minimum atomic E-state index is -0.629. The molecule has 1 atom stereocenters. The molecule has 0 bridgehead atoms. The van der Waals surface area contributed by atoms with E-state index in [0.29, 0.717) is 62.2 Å². The lowest BCUT2D eigenvalue weighted by molar-refractivity contribution is -0.136. The Morgan fingerprint density at radius 1 is 1.00 bits per heavy atom. The molecule has 30 heavy (non-hydrogen) atoms. The lowest BCUT2D eigenvalue weighted by Gasteiger charge is -2.37. The monoisotopic (exact) mass is 455 g/mol. The minimum absolute atomic E-state index is 0.138. The normalized spacial score (nSPS) is 18.8. The van der Waals surface area contributed by atoms with Gasteiger partial charge < -0.3 is 25.8 Å². The Kier molecular flexibility index (Phi) is 7.31. The van der Waals surface area contributed by atoms with Crippen LogP contribution in [0.2, 0.25) is 10.0 Å². The average molecular weight is 456 g/mol. The van der Waals surface area contributed by atoms with Crippen molar-refractivity contribution in [3.63, 3.8) is 0 Å². The Balaban J connectivity index is 1.46. The fraction of sp³-hybridized carbons (Fsp3) is 0.550. The van der Waals surface area contributed by atoms with Crippen molar-refractivity contribution in [2.75, 3.05) is 44.2 Å². The van der Waals surface area contributed by atoms with E-state index in [4.69, 9.17) is 28.9 Å². The second kappa shape index (κ2) is 9.75. The molecule has 0 aromatic heterocycles. The largest absolute Gasteiger partial charge is 0.369 e. The number of carbonyl (C=O) groups excluding carboxylic acids is 3. The summed E-state index contributed by atoms with van der Waals surface area (Å²) in [6, 6.07) is 4.61. The van der Waals surface area contributed by atoms with Crippen molar-refractivity contribution in [1.82, 2.24) is 15.1 Å². The zero-order chi connectivity index (χ0) is 21.8. The first kappa shape index (κ1) is 22.5. The van der Waals surface area contributed by atoms with E-state index in [1.165, 1.54) is 0 Å². The molecule has 2 aliphatic rings. The van der Waals surface area contributed by atoms with E-state index >= 15 is 0 Å². The maximum Gasteiger partial charge on any atom is 0.318 e. The van der Waals surface area contributed by atoms with E-state index in [1.54, 1.807) is 22.8 Å². The van der Waals surface area contributed by atoms with Gasteiger partial charge >= 0.3 is 6.03 Å². The SMILES string of the molecule is C[C@H](NC(=O)N1CCN(c2ccc(Cl)c(Cl)c2)CC1)C(=O)N1CCC(C(N)=O)CC1. The summed E-state index contributed by atoms with van der Waals surface area (Å²) in [4.78, 5) is 42.0. The standard InChI is InChI=1S/C20H27Cl2N5O3/c1-13(19(29)26-6-4-14(5-7-26)18(23)28)24-20(30)27-10-8-25(9-11-27)15-2-3-16(21)17(22)12-15/h2-3,12-14H,4-11H2,1H3,(H2,23,28)(H,24,30)/t13-/m0/s1. The number of nitrogens with two attached hydrogens (primary N) is 1. The van der Waals surface area contributed by atoms with Gasteiger partial charge in [-0.25, -0.2) is 4.79 Å². The molecule has 164 valence electrons. The highest BCUT2D eigenvalue weighted by molar-refractivity contribution is 6.42. The van der Waals surface area contributed by atoms with Crippen molar-refractivity contribution in [3.05, 3.63) is 28.2 Å². The molecule has 2 heterocycles. The number of halogens is 2. The van der Waals surface area contributed by atoms with Crippen LogP contribution in [0.25, 0.3) is 0 Å². The summed E-state index contributed by atoms with van der Waals surface area (Å²) in [7, 11) is 0. The van der Waals surface area contributed by atoms with Crippen LogP contribution in [-0.4, -0.2) is 73.0 Å². The summed E-state index contributed by atoms with van der Waals surface area (Å²) >= 11 is 12.1. The van der Waals surface area contributed by atoms with Crippen molar-refractivity contribution < 1.29 is 14.4 Å². The number of hydrogen-bond acceptors (Lipinski definition) is 4. The predicted molar refractivity (Wildman–Crippen MR) is 117 cm³/mol. The summed E-state index contributed by atoms with van der Waals surface area (Å²) in [6.07, 6.45) is 1.14. The van der Waals surface area contributed by atoms with Gasteiger partial charge in [0.25, 0.3) is 0 Å². The molecular formula is C20H27Cl2N5O3. The zero-order valence-corrected chi connectivity index (χ0v) is 18.5. The van der Waals surface area contributed by atoms with Gasteiger partial charge in [-0.2, -0.15) is 0 Å². The smallest absolute Gasteiger partial charge is 0.318 e. The van der Waals surface area contributed by atoms with Crippen molar-refractivity contribution in [2.45, 2.75) is 25.8 Å². The second-order valence-electron chi connectivity index (χ2n) is 7.75. The third-order valence-corrected chi connectivity index (χ3v) is 6.49. The Hall–Kier alpha value is -2.19. The molecule has 4 amide bonds. The van der Waals surface area contributed by atoms with Gasteiger partial charge in [-0.1, -0.05) is 23.2 Å². The van der Waals surface area contributed by atoms with Gasteiger partial charge in [-0.05, 0) is 38.0 Å². The number of likely N-dealkylation sites (tertiary alicyclic amines) is 1. The van der Waals surface area contributed by atoms with Crippen LogP contribution in [0.1, 0.15) is 19.8 Å². The average Bonchev–Trinajstić information content (AvgIpc) is 2.75. The molecular weight excluding hydrogens is 429 g/mol. The van der Waals surface area contributed by atoms with E-state index in [1.807, 2.05) is 12.1 Å². The molecule has 2 aliphatic heterocycles. The Labute approximate surface area is 186 Å². The number of anilines is 1. The highest BCUT2D eigenvalue weighted by Gasteiger charge is 2.30. The lowest BCUT2D eigenvalue weighted by atomic mass is 9.96. The number of hydrogen-bond donors (Lipinski definition) is 2. The van der Waals surface area contributed by atoms with Crippen LogP contribution < -0.4 is 16.0 Å². The maximum atomic E-state index is 12.6. The summed E-state index contributed by atoms with van der Waals surface area (Å²) in [5.41, 5.74) is 6.30. The van der Waals surface area contributed by atoms with E-state index in [9.17, 15) is 14.4 Å². The van der Waals surface area contributed by atoms with Gasteiger partial charge in [0, 0.05) is 50.9 Å². The molecule has 0 unspecified atom stereocenters. The van der Waals surface area contributed by atoms with Crippen LogP contribution in [-0.2, 0) is 9.59 Å². The number of amides is 4. The summed E-state index contributed by atoms with van der Waals surface area (Å²) < 4.78 is 0. The van der Waals surface area contributed by atoms with Crippen LogP contribution in [0.15, 0.2) is 18.2 Å². The highest BCUT2D eigenvalue weighted by atomic mass is 35.5. The van der Waals surface area contributed by atoms with Crippen LogP contribution in [0.3, 0.4) is 0 Å². The highest BCUT2D eigenvalue weighted by Crippen LogP contribution is 2.27. The first-order valence-electron chi connectivity index (χ1n) is 10.1. The Bertz CT molecular complexity index is 806. The van der Waals surface area contributed by atoms with Crippen molar-refractivity contribution >= 4 is 46.7 Å². The molecule has 8 nitrogen and oxygen atoms in total. The van der Waals surface area contributed by atoms with Gasteiger partial charge in [-0.15, -0.1) is 0 Å². The molecule has 1 aromatic rings. The Morgan fingerprint density at radius 3 is 2.20 bits per heavy atom. The predicted octanol–water partition coefficient (Wildman–Crippen LogP) is 1.94. The fourth-order valence-electron chi connectivity index (χ4n) is 3.85.